The molecule has 16 heavy (non-hydrogen) atoms. The number of rotatable bonds is 1. The topological polar surface area (TPSA) is 74.5 Å². The molecule has 1 aromatic heterocycles. The first kappa shape index (κ1) is 9.02. The standard InChI is InChI=1S/C10H11N5O/c16-7-1-2-9-8(5-7)13-6-15(9)14-10-11-3-4-12-10/h1-2,5-6,16H,3-4H2,(H2,11,12,14). The van der Waals surface area contributed by atoms with Crippen LogP contribution in [0.15, 0.2) is 29.5 Å². The Morgan fingerprint density at radius 2 is 2.38 bits per heavy atom. The fourth-order valence-corrected chi connectivity index (χ4v) is 1.68. The normalized spacial score (nSPS) is 14.9. The molecule has 0 saturated heterocycles. The lowest BCUT2D eigenvalue weighted by molar-refractivity contribution is 0.476. The molecule has 1 aromatic carbocycles. The molecular weight excluding hydrogens is 206 g/mol. The van der Waals surface area contributed by atoms with E-state index in [1.54, 1.807) is 29.2 Å². The minimum atomic E-state index is 0.217. The summed E-state index contributed by atoms with van der Waals surface area (Å²) in [4.78, 5) is 8.41. The first-order chi connectivity index (χ1) is 7.83. The van der Waals surface area contributed by atoms with Crippen LogP contribution < -0.4 is 10.7 Å². The number of aliphatic imine (C=N–C) groups is 1. The second-order valence-corrected chi connectivity index (χ2v) is 3.56. The SMILES string of the molecule is Oc1ccc2c(c1)ncn2NC1=NCCN1. The minimum absolute atomic E-state index is 0.217. The van der Waals surface area contributed by atoms with Gasteiger partial charge in [0.05, 0.1) is 17.6 Å². The fraction of sp³-hybridized carbons (Fsp3) is 0.200. The lowest BCUT2D eigenvalue weighted by Crippen LogP contribution is -2.31. The van der Waals surface area contributed by atoms with E-state index in [9.17, 15) is 5.11 Å². The van der Waals surface area contributed by atoms with Crippen molar-refractivity contribution in [3.8, 4) is 5.75 Å². The molecule has 0 atom stereocenters. The Bertz CT molecular complexity index is 559. The molecule has 0 fully saturated rings. The van der Waals surface area contributed by atoms with E-state index in [1.165, 1.54) is 0 Å². The number of phenols is 1. The van der Waals surface area contributed by atoms with Gasteiger partial charge in [0, 0.05) is 12.6 Å². The van der Waals surface area contributed by atoms with Crippen LogP contribution in [0.5, 0.6) is 5.75 Å². The maximum Gasteiger partial charge on any atom is 0.211 e. The van der Waals surface area contributed by atoms with E-state index in [0.29, 0.717) is 0 Å². The summed E-state index contributed by atoms with van der Waals surface area (Å²) in [5.41, 5.74) is 4.73. The van der Waals surface area contributed by atoms with E-state index < -0.39 is 0 Å². The summed E-state index contributed by atoms with van der Waals surface area (Å²) < 4.78 is 1.77. The van der Waals surface area contributed by atoms with Gasteiger partial charge in [-0.1, -0.05) is 0 Å². The molecule has 0 spiro atoms. The van der Waals surface area contributed by atoms with Gasteiger partial charge in [-0.25, -0.2) is 9.66 Å². The summed E-state index contributed by atoms with van der Waals surface area (Å²) in [7, 11) is 0. The van der Waals surface area contributed by atoms with Crippen LogP contribution in [0.25, 0.3) is 11.0 Å². The Morgan fingerprint density at radius 1 is 1.44 bits per heavy atom. The smallest absolute Gasteiger partial charge is 0.211 e. The van der Waals surface area contributed by atoms with Crippen LogP contribution in [0.3, 0.4) is 0 Å². The average molecular weight is 217 g/mol. The quantitative estimate of drug-likeness (QED) is 0.640. The monoisotopic (exact) mass is 217 g/mol. The Morgan fingerprint density at radius 3 is 3.19 bits per heavy atom. The zero-order chi connectivity index (χ0) is 11.0. The van der Waals surface area contributed by atoms with Gasteiger partial charge in [-0.15, -0.1) is 0 Å². The van der Waals surface area contributed by atoms with E-state index in [0.717, 1.165) is 30.1 Å². The van der Waals surface area contributed by atoms with E-state index in [1.807, 2.05) is 0 Å². The predicted molar refractivity (Wildman–Crippen MR) is 61.1 cm³/mol. The van der Waals surface area contributed by atoms with Crippen molar-refractivity contribution in [3.05, 3.63) is 24.5 Å². The largest absolute Gasteiger partial charge is 0.508 e. The summed E-state index contributed by atoms with van der Waals surface area (Å²) in [6.07, 6.45) is 1.66. The van der Waals surface area contributed by atoms with Crippen molar-refractivity contribution in [2.45, 2.75) is 0 Å². The Kier molecular flexibility index (Phi) is 1.92. The molecule has 6 nitrogen and oxygen atoms in total. The minimum Gasteiger partial charge on any atom is -0.508 e. The highest BCUT2D eigenvalue weighted by Crippen LogP contribution is 2.17. The third-order valence-electron chi connectivity index (χ3n) is 2.43. The molecular formula is C10H11N5O. The number of nitrogens with one attached hydrogen (secondary N) is 2. The van der Waals surface area contributed by atoms with Gasteiger partial charge in [0.15, 0.2) is 0 Å². The molecule has 3 rings (SSSR count). The lowest BCUT2D eigenvalue weighted by Gasteiger charge is -2.07. The van der Waals surface area contributed by atoms with E-state index in [-0.39, 0.29) is 5.75 Å². The zero-order valence-electron chi connectivity index (χ0n) is 8.51. The summed E-state index contributed by atoms with van der Waals surface area (Å²) >= 11 is 0. The van der Waals surface area contributed by atoms with Crippen LogP contribution in [0, 0.1) is 0 Å². The van der Waals surface area contributed by atoms with Crippen molar-refractivity contribution < 1.29 is 5.11 Å². The number of imidazole rings is 1. The second-order valence-electron chi connectivity index (χ2n) is 3.56. The van der Waals surface area contributed by atoms with Gasteiger partial charge >= 0.3 is 0 Å². The number of hydrogen-bond donors (Lipinski definition) is 3. The predicted octanol–water partition coefficient (Wildman–Crippen LogP) is 0.245. The van der Waals surface area contributed by atoms with Gasteiger partial charge in [0.25, 0.3) is 0 Å². The third kappa shape index (κ3) is 1.44. The van der Waals surface area contributed by atoms with Gasteiger partial charge in [0.1, 0.15) is 12.1 Å². The third-order valence-corrected chi connectivity index (χ3v) is 2.43. The zero-order valence-corrected chi connectivity index (χ0v) is 8.51. The average Bonchev–Trinajstić information content (AvgIpc) is 2.89. The van der Waals surface area contributed by atoms with Crippen molar-refractivity contribution in [1.29, 1.82) is 0 Å². The maximum atomic E-state index is 9.32. The van der Waals surface area contributed by atoms with Gasteiger partial charge in [-0.05, 0) is 12.1 Å². The maximum absolute atomic E-state index is 9.32. The van der Waals surface area contributed by atoms with Gasteiger partial charge in [0.2, 0.25) is 5.96 Å². The highest BCUT2D eigenvalue weighted by Gasteiger charge is 2.07. The molecule has 1 aliphatic heterocycles. The van der Waals surface area contributed by atoms with Crippen molar-refractivity contribution in [1.82, 2.24) is 15.0 Å². The summed E-state index contributed by atoms with van der Waals surface area (Å²) in [5.74, 6) is 0.960. The highest BCUT2D eigenvalue weighted by atomic mass is 16.3. The Balaban J connectivity index is 1.97. The van der Waals surface area contributed by atoms with E-state index >= 15 is 0 Å². The molecule has 82 valence electrons. The number of aromatic hydroxyl groups is 1. The highest BCUT2D eigenvalue weighted by molar-refractivity contribution is 5.90. The van der Waals surface area contributed by atoms with Gasteiger partial charge in [-0.2, -0.15) is 0 Å². The van der Waals surface area contributed by atoms with Crippen LogP contribution in [0.4, 0.5) is 0 Å². The molecule has 1 aliphatic rings. The number of aromatic nitrogens is 2. The van der Waals surface area contributed by atoms with Crippen molar-refractivity contribution in [2.75, 3.05) is 18.5 Å². The first-order valence-corrected chi connectivity index (χ1v) is 5.04. The number of guanidine groups is 1. The van der Waals surface area contributed by atoms with Crippen LogP contribution in [-0.4, -0.2) is 33.8 Å². The number of nitrogens with zero attached hydrogens (tertiary/aromatic N) is 3. The molecule has 0 aliphatic carbocycles. The molecule has 2 heterocycles. The molecule has 0 unspecified atom stereocenters. The van der Waals surface area contributed by atoms with Crippen molar-refractivity contribution in [2.24, 2.45) is 4.99 Å². The van der Waals surface area contributed by atoms with Crippen LogP contribution in [0.1, 0.15) is 0 Å². The van der Waals surface area contributed by atoms with Crippen LogP contribution >= 0.6 is 0 Å². The van der Waals surface area contributed by atoms with Gasteiger partial charge < -0.3 is 10.4 Å². The summed E-state index contributed by atoms with van der Waals surface area (Å²) in [6, 6.07) is 5.06. The van der Waals surface area contributed by atoms with Crippen molar-refractivity contribution in [3.63, 3.8) is 0 Å². The molecule has 6 heteroatoms. The summed E-state index contributed by atoms with van der Waals surface area (Å²) in [6.45, 7) is 1.64. The Hall–Kier alpha value is -2.24. The lowest BCUT2D eigenvalue weighted by atomic mass is 10.3. The Labute approximate surface area is 91.6 Å². The van der Waals surface area contributed by atoms with Crippen LogP contribution in [-0.2, 0) is 0 Å². The molecule has 0 radical (unpaired) electrons. The number of fused-ring (bicyclic) bond motifs is 1. The molecule has 0 bridgehead atoms. The molecule has 2 aromatic rings. The van der Waals surface area contributed by atoms with Crippen molar-refractivity contribution >= 4 is 17.0 Å². The summed E-state index contributed by atoms with van der Waals surface area (Å²) in [5, 5.41) is 12.4. The van der Waals surface area contributed by atoms with E-state index in [4.69, 9.17) is 0 Å². The van der Waals surface area contributed by atoms with Gasteiger partial charge in [-0.3, -0.25) is 10.4 Å². The number of phenolic OH excluding ortho intramolecular Hbond substituents is 1. The fourth-order valence-electron chi connectivity index (χ4n) is 1.68. The molecule has 0 saturated carbocycles. The molecule has 0 amide bonds. The van der Waals surface area contributed by atoms with E-state index in [2.05, 4.69) is 20.7 Å². The number of hydrogen-bond acceptors (Lipinski definition) is 5. The van der Waals surface area contributed by atoms with Crippen LogP contribution in [0.2, 0.25) is 0 Å². The molecule has 3 N–H and O–H groups in total. The number of benzene rings is 1. The first-order valence-electron chi connectivity index (χ1n) is 5.04. The second kappa shape index (κ2) is 3.41.